The second-order valence-electron chi connectivity index (χ2n) is 7.40. The molecule has 1 atom stereocenters. The van der Waals surface area contributed by atoms with Gasteiger partial charge in [-0.1, -0.05) is 35.3 Å². The Bertz CT molecular complexity index is 1250. The van der Waals surface area contributed by atoms with E-state index in [0.29, 0.717) is 28.3 Å². The zero-order valence-corrected chi connectivity index (χ0v) is 19.2. The van der Waals surface area contributed by atoms with E-state index in [2.05, 4.69) is 10.2 Å². The lowest BCUT2D eigenvalue weighted by Crippen LogP contribution is -2.15. The van der Waals surface area contributed by atoms with Gasteiger partial charge in [0, 0.05) is 35.0 Å². The third-order valence-corrected chi connectivity index (χ3v) is 5.66. The van der Waals surface area contributed by atoms with Crippen molar-refractivity contribution in [3.63, 3.8) is 0 Å². The van der Waals surface area contributed by atoms with Crippen LogP contribution in [-0.4, -0.2) is 23.4 Å². The second-order valence-corrected chi connectivity index (χ2v) is 8.24. The molecule has 2 aromatic carbocycles. The van der Waals surface area contributed by atoms with Crippen LogP contribution < -0.4 is 10.5 Å². The first-order valence-corrected chi connectivity index (χ1v) is 10.7. The van der Waals surface area contributed by atoms with Gasteiger partial charge in [-0.15, -0.1) is 10.2 Å². The number of nitrogens with two attached hydrogens (primary N) is 1. The van der Waals surface area contributed by atoms with E-state index in [1.807, 2.05) is 0 Å². The number of allylic oxidation sites excluding steroid dienone is 2. The number of nitrogens with zero attached hydrogens (tertiary/aromatic N) is 2. The maximum absolute atomic E-state index is 15.2. The minimum Gasteiger partial charge on any atom is -0.453 e. The Balaban J connectivity index is 1.58. The Morgan fingerprint density at radius 2 is 1.97 bits per heavy atom. The molecule has 1 aliphatic rings. The highest BCUT2D eigenvalue weighted by Crippen LogP contribution is 2.37. The van der Waals surface area contributed by atoms with Gasteiger partial charge in [-0.05, 0) is 37.1 Å². The highest BCUT2D eigenvalue weighted by molar-refractivity contribution is 6.32. The van der Waals surface area contributed by atoms with Crippen LogP contribution in [0.2, 0.25) is 10.0 Å². The molecular weight excluding hydrogens is 475 g/mol. The molecule has 33 heavy (non-hydrogen) atoms. The summed E-state index contributed by atoms with van der Waals surface area (Å²) in [4.78, 5) is 0. The Morgan fingerprint density at radius 3 is 2.70 bits per heavy atom. The van der Waals surface area contributed by atoms with Crippen LogP contribution in [0.4, 0.5) is 14.5 Å². The lowest BCUT2D eigenvalue weighted by atomic mass is 9.96. The number of rotatable bonds is 6. The molecule has 10 heteroatoms. The molecule has 0 fully saturated rings. The topological polar surface area (TPSA) is 83.4 Å². The van der Waals surface area contributed by atoms with Crippen LogP contribution in [0.3, 0.4) is 0 Å². The molecule has 0 radical (unpaired) electrons. The maximum Gasteiger partial charge on any atom is 0.247 e. The van der Waals surface area contributed by atoms with Crippen LogP contribution in [-0.2, 0) is 11.2 Å². The molecule has 1 aliphatic carbocycles. The second kappa shape index (κ2) is 9.51. The van der Waals surface area contributed by atoms with Gasteiger partial charge < -0.3 is 19.6 Å². The number of hydrogen-bond acceptors (Lipinski definition) is 6. The summed E-state index contributed by atoms with van der Waals surface area (Å²) < 4.78 is 46.1. The molecule has 0 aliphatic heterocycles. The summed E-state index contributed by atoms with van der Waals surface area (Å²) in [5.74, 6) is -0.734. The van der Waals surface area contributed by atoms with Crippen LogP contribution in [0.5, 0.6) is 11.5 Å². The Hall–Kier alpha value is -2.94. The van der Waals surface area contributed by atoms with Gasteiger partial charge in [-0.2, -0.15) is 0 Å². The zero-order valence-electron chi connectivity index (χ0n) is 17.7. The third kappa shape index (κ3) is 4.88. The van der Waals surface area contributed by atoms with Crippen molar-refractivity contribution in [2.24, 2.45) is 0 Å². The molecule has 0 saturated carbocycles. The average molecular weight is 494 g/mol. The Morgan fingerprint density at radius 1 is 1.18 bits per heavy atom. The van der Waals surface area contributed by atoms with Gasteiger partial charge in [0.25, 0.3) is 0 Å². The van der Waals surface area contributed by atoms with Gasteiger partial charge in [-0.25, -0.2) is 8.78 Å². The van der Waals surface area contributed by atoms with Crippen molar-refractivity contribution in [3.8, 4) is 11.5 Å². The highest BCUT2D eigenvalue weighted by atomic mass is 35.5. The quantitative estimate of drug-likeness (QED) is 0.393. The summed E-state index contributed by atoms with van der Waals surface area (Å²) in [5, 5.41) is 8.38. The molecule has 172 valence electrons. The molecule has 0 bridgehead atoms. The van der Waals surface area contributed by atoms with Crippen molar-refractivity contribution in [3.05, 3.63) is 81.0 Å². The molecule has 2 N–H and O–H groups in total. The molecule has 0 saturated heterocycles. The van der Waals surface area contributed by atoms with Crippen molar-refractivity contribution in [1.29, 1.82) is 0 Å². The van der Waals surface area contributed by atoms with Crippen LogP contribution in [0, 0.1) is 5.82 Å². The van der Waals surface area contributed by atoms with E-state index in [1.54, 1.807) is 13.0 Å². The molecule has 1 unspecified atom stereocenters. The SMILES string of the molecule is COC1CC=C(c2nnc(Cc3ccc(Cl)c(Oc4cc(N)cc(Cl)c4)c3F)o2)C(C)=C1F. The number of aromatic nitrogens is 2. The molecule has 6 nitrogen and oxygen atoms in total. The average Bonchev–Trinajstić information content (AvgIpc) is 3.22. The fraction of sp³-hybridized carbons (Fsp3) is 0.217. The van der Waals surface area contributed by atoms with Gasteiger partial charge in [0.1, 0.15) is 17.7 Å². The van der Waals surface area contributed by atoms with Crippen LogP contribution in [0.25, 0.3) is 5.57 Å². The van der Waals surface area contributed by atoms with E-state index >= 15 is 4.39 Å². The van der Waals surface area contributed by atoms with Crippen LogP contribution in [0.15, 0.2) is 52.2 Å². The number of ether oxygens (including phenoxy) is 2. The van der Waals surface area contributed by atoms with Gasteiger partial charge >= 0.3 is 0 Å². The Kier molecular flexibility index (Phi) is 6.69. The fourth-order valence-electron chi connectivity index (χ4n) is 3.46. The molecule has 4 rings (SSSR count). The summed E-state index contributed by atoms with van der Waals surface area (Å²) in [6.07, 6.45) is 1.46. The van der Waals surface area contributed by atoms with Gasteiger partial charge in [-0.3, -0.25) is 0 Å². The van der Waals surface area contributed by atoms with Crippen molar-refractivity contribution in [1.82, 2.24) is 10.2 Å². The number of nitrogen functional groups attached to an aromatic ring is 1. The number of anilines is 1. The van der Waals surface area contributed by atoms with E-state index in [-0.39, 0.29) is 46.1 Å². The van der Waals surface area contributed by atoms with Crippen molar-refractivity contribution in [2.45, 2.75) is 25.9 Å². The minimum absolute atomic E-state index is 0.0245. The summed E-state index contributed by atoms with van der Waals surface area (Å²) in [6, 6.07) is 7.52. The molecule has 1 aromatic heterocycles. The molecule has 3 aromatic rings. The molecule has 1 heterocycles. The molecule has 0 spiro atoms. The molecular formula is C23H19Cl2F2N3O3. The summed E-state index contributed by atoms with van der Waals surface area (Å²) >= 11 is 12.1. The van der Waals surface area contributed by atoms with E-state index in [9.17, 15) is 4.39 Å². The van der Waals surface area contributed by atoms with Crippen LogP contribution in [0.1, 0.15) is 30.7 Å². The monoisotopic (exact) mass is 493 g/mol. The largest absolute Gasteiger partial charge is 0.453 e. The van der Waals surface area contributed by atoms with Gasteiger partial charge in [0.2, 0.25) is 11.8 Å². The first-order chi connectivity index (χ1) is 15.8. The third-order valence-electron chi connectivity index (χ3n) is 5.15. The number of hydrogen-bond donors (Lipinski definition) is 1. The van der Waals surface area contributed by atoms with Gasteiger partial charge in [0.15, 0.2) is 11.6 Å². The van der Waals surface area contributed by atoms with E-state index in [0.717, 1.165) is 0 Å². The van der Waals surface area contributed by atoms with Crippen molar-refractivity contribution < 1.29 is 22.7 Å². The van der Waals surface area contributed by atoms with Crippen molar-refractivity contribution >= 4 is 34.5 Å². The minimum atomic E-state index is -0.692. The lowest BCUT2D eigenvalue weighted by molar-refractivity contribution is 0.112. The first-order valence-electron chi connectivity index (χ1n) is 9.90. The smallest absolute Gasteiger partial charge is 0.247 e. The summed E-state index contributed by atoms with van der Waals surface area (Å²) in [5.41, 5.74) is 7.18. The maximum atomic E-state index is 15.2. The number of methoxy groups -OCH3 is 1. The first kappa shape index (κ1) is 23.2. The molecule has 0 amide bonds. The van der Waals surface area contributed by atoms with Crippen molar-refractivity contribution in [2.75, 3.05) is 12.8 Å². The van der Waals surface area contributed by atoms with E-state index in [4.69, 9.17) is 42.8 Å². The Labute approximate surface area is 198 Å². The summed E-state index contributed by atoms with van der Waals surface area (Å²) in [7, 11) is 1.45. The van der Waals surface area contributed by atoms with E-state index in [1.165, 1.54) is 37.4 Å². The highest BCUT2D eigenvalue weighted by Gasteiger charge is 2.26. The lowest BCUT2D eigenvalue weighted by Gasteiger charge is -2.19. The fourth-order valence-corrected chi connectivity index (χ4v) is 3.88. The van der Waals surface area contributed by atoms with E-state index < -0.39 is 11.9 Å². The van der Waals surface area contributed by atoms with Crippen LogP contribution >= 0.6 is 23.2 Å². The predicted molar refractivity (Wildman–Crippen MR) is 122 cm³/mol. The zero-order chi connectivity index (χ0) is 23.7. The number of halogens is 4. The summed E-state index contributed by atoms with van der Waals surface area (Å²) in [6.45, 7) is 1.61. The van der Waals surface area contributed by atoms with Gasteiger partial charge in [0.05, 0.1) is 11.4 Å². The normalized spacial score (nSPS) is 16.2. The predicted octanol–water partition coefficient (Wildman–Crippen LogP) is 6.53. The standard InChI is InChI=1S/C23H19Cl2F2N3O3/c1-11-16(4-6-18(31-2)20(11)26)23-30-29-19(33-23)7-12-3-5-17(25)22(21(12)27)32-15-9-13(24)8-14(28)10-15/h3-5,8-10,18H,6-7,28H2,1-2H3. The number of benzene rings is 2.